The van der Waals surface area contributed by atoms with Crippen LogP contribution in [0.3, 0.4) is 0 Å². The first-order valence-corrected chi connectivity index (χ1v) is 12.6. The number of aromatic nitrogens is 2. The van der Waals surface area contributed by atoms with E-state index in [1.54, 1.807) is 0 Å². The molecule has 1 fully saturated rings. The third-order valence-corrected chi connectivity index (χ3v) is 6.81. The lowest BCUT2D eigenvalue weighted by Crippen LogP contribution is -2.43. The average Bonchev–Trinajstić information content (AvgIpc) is 3.36. The van der Waals surface area contributed by atoms with Crippen LogP contribution in [0.1, 0.15) is 47.0 Å². The summed E-state index contributed by atoms with van der Waals surface area (Å²) >= 11 is 0. The molecule has 0 bridgehead atoms. The number of nitrogens with zero attached hydrogens (tertiary/aromatic N) is 3. The molecule has 36 heavy (non-hydrogen) atoms. The van der Waals surface area contributed by atoms with Gasteiger partial charge in [0.15, 0.2) is 0 Å². The van der Waals surface area contributed by atoms with Crippen LogP contribution in [-0.4, -0.2) is 34.0 Å². The molecule has 5 rings (SSSR count). The van der Waals surface area contributed by atoms with Crippen molar-refractivity contribution in [2.24, 2.45) is 5.92 Å². The van der Waals surface area contributed by atoms with Crippen molar-refractivity contribution in [3.63, 3.8) is 0 Å². The Morgan fingerprint density at radius 1 is 1.00 bits per heavy atom. The van der Waals surface area contributed by atoms with E-state index in [1.807, 2.05) is 48.5 Å². The van der Waals surface area contributed by atoms with E-state index in [9.17, 15) is 4.79 Å². The Bertz CT molecular complexity index is 1300. The van der Waals surface area contributed by atoms with E-state index in [2.05, 4.69) is 64.5 Å². The molecule has 6 nitrogen and oxygen atoms in total. The molecule has 0 aliphatic carbocycles. The molecule has 184 valence electrons. The number of carbonyl (C=O) groups excluding carboxylic acids is 1. The zero-order chi connectivity index (χ0) is 24.9. The fourth-order valence-electron chi connectivity index (χ4n) is 4.86. The Morgan fingerprint density at radius 3 is 2.56 bits per heavy atom. The van der Waals surface area contributed by atoms with Crippen LogP contribution in [0.2, 0.25) is 0 Å². The molecule has 1 saturated heterocycles. The highest BCUT2D eigenvalue weighted by Gasteiger charge is 2.29. The molecular weight excluding hydrogens is 448 g/mol. The quantitative estimate of drug-likeness (QED) is 0.380. The normalized spacial score (nSPS) is 17.0. The highest BCUT2D eigenvalue weighted by atomic mass is 16.5. The molecule has 1 aliphatic heterocycles. The molecule has 1 aliphatic rings. The van der Waals surface area contributed by atoms with Crippen LogP contribution >= 0.6 is 0 Å². The maximum absolute atomic E-state index is 13.5. The number of piperidine rings is 1. The van der Waals surface area contributed by atoms with E-state index < -0.39 is 0 Å². The Labute approximate surface area is 212 Å². The summed E-state index contributed by atoms with van der Waals surface area (Å²) in [4.78, 5) is 20.3. The summed E-state index contributed by atoms with van der Waals surface area (Å²) < 4.78 is 5.54. The lowest BCUT2D eigenvalue weighted by atomic mass is 9.93. The molecule has 2 unspecified atom stereocenters. The summed E-state index contributed by atoms with van der Waals surface area (Å²) in [5.74, 6) is 1.17. The van der Waals surface area contributed by atoms with Gasteiger partial charge in [-0.3, -0.25) is 9.69 Å². The van der Waals surface area contributed by atoms with Gasteiger partial charge in [0.2, 0.25) is 17.6 Å². The van der Waals surface area contributed by atoms with Gasteiger partial charge in [-0.05, 0) is 44.4 Å². The number of aryl methyl sites for hydroxylation is 2. The summed E-state index contributed by atoms with van der Waals surface area (Å²) in [7, 11) is 0. The van der Waals surface area contributed by atoms with Crippen molar-refractivity contribution < 1.29 is 9.32 Å². The van der Waals surface area contributed by atoms with E-state index in [-0.39, 0.29) is 17.9 Å². The molecule has 3 aromatic carbocycles. The number of amides is 1. The number of hydrogen-bond acceptors (Lipinski definition) is 5. The molecule has 1 amide bonds. The molecule has 0 saturated carbocycles. The van der Waals surface area contributed by atoms with Gasteiger partial charge in [0.25, 0.3) is 0 Å². The van der Waals surface area contributed by atoms with E-state index >= 15 is 0 Å². The van der Waals surface area contributed by atoms with Crippen LogP contribution in [0.5, 0.6) is 0 Å². The van der Waals surface area contributed by atoms with Gasteiger partial charge >= 0.3 is 0 Å². The van der Waals surface area contributed by atoms with Crippen LogP contribution in [0.15, 0.2) is 83.4 Å². The van der Waals surface area contributed by atoms with Crippen molar-refractivity contribution in [3.05, 3.63) is 107 Å². The molecular formula is C30H32N4O2. The maximum atomic E-state index is 13.5. The number of likely N-dealkylation sites (tertiary alicyclic amines) is 1. The second-order valence-corrected chi connectivity index (χ2v) is 9.72. The Balaban J connectivity index is 1.26. The lowest BCUT2D eigenvalue weighted by Gasteiger charge is -2.32. The number of rotatable bonds is 7. The van der Waals surface area contributed by atoms with Crippen LogP contribution in [0, 0.1) is 19.8 Å². The van der Waals surface area contributed by atoms with Gasteiger partial charge in [-0.2, -0.15) is 4.98 Å². The summed E-state index contributed by atoms with van der Waals surface area (Å²) in [5.41, 5.74) is 5.48. The summed E-state index contributed by atoms with van der Waals surface area (Å²) in [6, 6.07) is 26.4. The summed E-state index contributed by atoms with van der Waals surface area (Å²) in [5, 5.41) is 7.50. The van der Waals surface area contributed by atoms with Crippen LogP contribution in [-0.2, 0) is 11.3 Å². The third-order valence-electron chi connectivity index (χ3n) is 6.81. The van der Waals surface area contributed by atoms with Gasteiger partial charge in [0, 0.05) is 12.1 Å². The molecule has 0 spiro atoms. The van der Waals surface area contributed by atoms with Gasteiger partial charge < -0.3 is 9.84 Å². The van der Waals surface area contributed by atoms with Gasteiger partial charge in [0.1, 0.15) is 0 Å². The van der Waals surface area contributed by atoms with Crippen molar-refractivity contribution in [3.8, 4) is 11.4 Å². The fraction of sp³-hybridized carbons (Fsp3) is 0.300. The minimum atomic E-state index is -0.179. The van der Waals surface area contributed by atoms with Crippen molar-refractivity contribution in [2.75, 3.05) is 13.1 Å². The largest absolute Gasteiger partial charge is 0.345 e. The van der Waals surface area contributed by atoms with E-state index in [4.69, 9.17) is 4.52 Å². The Morgan fingerprint density at radius 2 is 1.78 bits per heavy atom. The predicted octanol–water partition coefficient (Wildman–Crippen LogP) is 5.47. The molecule has 1 N–H and O–H groups in total. The first kappa shape index (κ1) is 23.9. The first-order valence-electron chi connectivity index (χ1n) is 12.6. The third kappa shape index (κ3) is 5.71. The Hall–Kier alpha value is -3.77. The smallest absolute Gasteiger partial charge is 0.241 e. The second kappa shape index (κ2) is 10.9. The van der Waals surface area contributed by atoms with E-state index in [1.165, 1.54) is 11.1 Å². The highest BCUT2D eigenvalue weighted by molar-refractivity contribution is 5.80. The molecule has 2 heterocycles. The maximum Gasteiger partial charge on any atom is 0.241 e. The molecule has 6 heteroatoms. The van der Waals surface area contributed by atoms with Crippen molar-refractivity contribution in [1.82, 2.24) is 20.4 Å². The minimum absolute atomic E-state index is 0.0842. The van der Waals surface area contributed by atoms with E-state index in [0.29, 0.717) is 24.8 Å². The number of nitrogens with one attached hydrogen (secondary N) is 1. The van der Waals surface area contributed by atoms with Gasteiger partial charge in [0.05, 0.1) is 18.5 Å². The number of carbonyl (C=O) groups is 1. The topological polar surface area (TPSA) is 71.3 Å². The zero-order valence-corrected chi connectivity index (χ0v) is 20.9. The SMILES string of the molecule is Cc1ccc(-c2noc(CN3CCCC(C(=O)NC(c4ccccc4)c4cccc(C)c4)C3)n2)cc1. The first-order chi connectivity index (χ1) is 17.5. The summed E-state index contributed by atoms with van der Waals surface area (Å²) in [6.45, 7) is 6.25. The molecule has 4 aromatic rings. The highest BCUT2D eigenvalue weighted by Crippen LogP contribution is 2.26. The Kier molecular flexibility index (Phi) is 7.23. The predicted molar refractivity (Wildman–Crippen MR) is 140 cm³/mol. The van der Waals surface area contributed by atoms with Crippen LogP contribution in [0.4, 0.5) is 0 Å². The van der Waals surface area contributed by atoms with Crippen LogP contribution < -0.4 is 5.32 Å². The van der Waals surface area contributed by atoms with Crippen molar-refractivity contribution in [2.45, 2.75) is 39.3 Å². The van der Waals surface area contributed by atoms with Gasteiger partial charge in [-0.25, -0.2) is 0 Å². The van der Waals surface area contributed by atoms with Crippen LogP contribution in [0.25, 0.3) is 11.4 Å². The standard InChI is InChI=1S/C30H32N4O2/c1-21-13-15-24(16-14-21)29-31-27(36-33-29)20-34-17-7-12-26(19-34)30(35)32-28(23-9-4-3-5-10-23)25-11-6-8-22(2)18-25/h3-6,8-11,13-16,18,26,28H,7,12,17,19-20H2,1-2H3,(H,32,35). The monoisotopic (exact) mass is 480 g/mol. The number of benzene rings is 3. The average molecular weight is 481 g/mol. The lowest BCUT2D eigenvalue weighted by molar-refractivity contribution is -0.127. The van der Waals surface area contributed by atoms with E-state index in [0.717, 1.165) is 36.1 Å². The van der Waals surface area contributed by atoms with Gasteiger partial charge in [-0.15, -0.1) is 0 Å². The van der Waals surface area contributed by atoms with Gasteiger partial charge in [-0.1, -0.05) is 95.1 Å². The zero-order valence-electron chi connectivity index (χ0n) is 20.9. The number of hydrogen-bond donors (Lipinski definition) is 1. The van der Waals surface area contributed by atoms with Crippen molar-refractivity contribution in [1.29, 1.82) is 0 Å². The summed E-state index contributed by atoms with van der Waals surface area (Å²) in [6.07, 6.45) is 1.83. The molecule has 1 aromatic heterocycles. The minimum Gasteiger partial charge on any atom is -0.345 e. The molecule has 0 radical (unpaired) electrons. The second-order valence-electron chi connectivity index (χ2n) is 9.72. The molecule has 2 atom stereocenters. The fourth-order valence-corrected chi connectivity index (χ4v) is 4.86. The van der Waals surface area contributed by atoms with Crippen molar-refractivity contribution >= 4 is 5.91 Å².